The maximum Gasteiger partial charge on any atom is 0.246 e. The van der Waals surface area contributed by atoms with Gasteiger partial charge in [0.05, 0.1) is 18.6 Å². The second kappa shape index (κ2) is 9.95. The zero-order chi connectivity index (χ0) is 26.2. The Kier molecular flexibility index (Phi) is 6.70. The van der Waals surface area contributed by atoms with Gasteiger partial charge in [0.25, 0.3) is 0 Å². The Morgan fingerprint density at radius 2 is 1.92 bits per heavy atom. The number of methoxy groups -OCH3 is 1. The summed E-state index contributed by atoms with van der Waals surface area (Å²) in [6.45, 7) is 2.29. The Labute approximate surface area is 215 Å². The number of hydrogen-bond acceptors (Lipinski definition) is 7. The highest BCUT2D eigenvalue weighted by Gasteiger charge is 2.40. The molecule has 1 amide bonds. The van der Waals surface area contributed by atoms with Crippen molar-refractivity contribution < 1.29 is 22.5 Å². The van der Waals surface area contributed by atoms with E-state index in [4.69, 9.17) is 9.26 Å². The number of aromatic nitrogens is 2. The van der Waals surface area contributed by atoms with Gasteiger partial charge in [0.2, 0.25) is 27.6 Å². The summed E-state index contributed by atoms with van der Waals surface area (Å²) in [6.07, 6.45) is 1.06. The van der Waals surface area contributed by atoms with E-state index in [2.05, 4.69) is 10.1 Å². The van der Waals surface area contributed by atoms with Crippen LogP contribution >= 0.6 is 0 Å². The molecular formula is C27H28N4O5S. The van der Waals surface area contributed by atoms with Gasteiger partial charge in [-0.2, -0.15) is 9.29 Å². The standard InChI is InChI=1S/C27H28N4O5S/c1-18-15-21(11-13-24(18)35-3)26-28-25(36-29-26)17-30(2)27(32)23-9-6-14-31(23)37(33,34)22-12-10-19-7-4-5-8-20(19)16-22/h4-5,7-8,10-13,15-16,23H,6,9,14,17H2,1-3H3. The molecule has 5 rings (SSSR count). The van der Waals surface area contributed by atoms with Crippen molar-refractivity contribution >= 4 is 26.7 Å². The molecular weight excluding hydrogens is 492 g/mol. The molecule has 9 nitrogen and oxygen atoms in total. The molecule has 2 heterocycles. The van der Waals surface area contributed by atoms with Crippen LogP contribution < -0.4 is 4.74 Å². The fourth-order valence-electron chi connectivity index (χ4n) is 4.73. The maximum atomic E-state index is 13.5. The third-order valence-electron chi connectivity index (χ3n) is 6.69. The van der Waals surface area contributed by atoms with Crippen LogP contribution in [-0.4, -0.2) is 60.4 Å². The summed E-state index contributed by atoms with van der Waals surface area (Å²) in [5.74, 6) is 1.13. The van der Waals surface area contributed by atoms with E-state index in [1.54, 1.807) is 32.4 Å². The van der Waals surface area contributed by atoms with Gasteiger partial charge in [0, 0.05) is 19.2 Å². The average Bonchev–Trinajstić information content (AvgIpc) is 3.58. The summed E-state index contributed by atoms with van der Waals surface area (Å²) in [7, 11) is -0.623. The van der Waals surface area contributed by atoms with Crippen molar-refractivity contribution in [3.05, 3.63) is 72.1 Å². The molecule has 37 heavy (non-hydrogen) atoms. The molecule has 0 aliphatic carbocycles. The first-order valence-corrected chi connectivity index (χ1v) is 13.4. The highest BCUT2D eigenvalue weighted by Crippen LogP contribution is 2.29. The van der Waals surface area contributed by atoms with Crippen LogP contribution in [0.3, 0.4) is 0 Å². The second-order valence-corrected chi connectivity index (χ2v) is 11.1. The lowest BCUT2D eigenvalue weighted by Crippen LogP contribution is -2.46. The molecule has 1 saturated heterocycles. The number of nitrogens with zero attached hydrogens (tertiary/aromatic N) is 4. The number of rotatable bonds is 7. The number of ether oxygens (including phenoxy) is 1. The van der Waals surface area contributed by atoms with Gasteiger partial charge in [-0.1, -0.05) is 35.5 Å². The van der Waals surface area contributed by atoms with E-state index in [1.165, 1.54) is 9.21 Å². The monoisotopic (exact) mass is 520 g/mol. The fourth-order valence-corrected chi connectivity index (χ4v) is 6.41. The molecule has 1 aliphatic rings. The molecule has 0 N–H and O–H groups in total. The minimum atomic E-state index is -3.85. The summed E-state index contributed by atoms with van der Waals surface area (Å²) in [6, 6.07) is 17.4. The third-order valence-corrected chi connectivity index (χ3v) is 8.59. The quantitative estimate of drug-likeness (QED) is 0.362. The lowest BCUT2D eigenvalue weighted by Gasteiger charge is -2.27. The summed E-state index contributed by atoms with van der Waals surface area (Å²) < 4.78 is 39.0. The van der Waals surface area contributed by atoms with Crippen molar-refractivity contribution in [3.63, 3.8) is 0 Å². The van der Waals surface area contributed by atoms with Crippen molar-refractivity contribution in [2.75, 3.05) is 20.7 Å². The maximum absolute atomic E-state index is 13.5. The summed E-state index contributed by atoms with van der Waals surface area (Å²) in [5.41, 5.74) is 1.71. The molecule has 10 heteroatoms. The molecule has 0 radical (unpaired) electrons. The number of carbonyl (C=O) groups excluding carboxylic acids is 1. The number of fused-ring (bicyclic) bond motifs is 1. The highest BCUT2D eigenvalue weighted by molar-refractivity contribution is 7.89. The van der Waals surface area contributed by atoms with Gasteiger partial charge in [-0.25, -0.2) is 8.42 Å². The van der Waals surface area contributed by atoms with Crippen LogP contribution in [-0.2, 0) is 21.4 Å². The Balaban J connectivity index is 1.31. The lowest BCUT2D eigenvalue weighted by atomic mass is 10.1. The van der Waals surface area contributed by atoms with E-state index in [-0.39, 0.29) is 23.2 Å². The number of hydrogen-bond donors (Lipinski definition) is 0. The second-order valence-electron chi connectivity index (χ2n) is 9.17. The van der Waals surface area contributed by atoms with E-state index in [9.17, 15) is 13.2 Å². The first-order chi connectivity index (χ1) is 17.8. The number of carbonyl (C=O) groups is 1. The van der Waals surface area contributed by atoms with Crippen LogP contribution in [0.1, 0.15) is 24.3 Å². The largest absolute Gasteiger partial charge is 0.496 e. The minimum Gasteiger partial charge on any atom is -0.496 e. The normalized spacial score (nSPS) is 16.2. The van der Waals surface area contributed by atoms with Gasteiger partial charge in [0.1, 0.15) is 11.8 Å². The van der Waals surface area contributed by atoms with E-state index < -0.39 is 16.1 Å². The Morgan fingerprint density at radius 3 is 2.68 bits per heavy atom. The third kappa shape index (κ3) is 4.82. The number of amides is 1. The summed E-state index contributed by atoms with van der Waals surface area (Å²) >= 11 is 0. The van der Waals surface area contributed by atoms with Crippen molar-refractivity contribution in [1.29, 1.82) is 0 Å². The lowest BCUT2D eigenvalue weighted by molar-refractivity contribution is -0.134. The van der Waals surface area contributed by atoms with Crippen LogP contribution in [0.2, 0.25) is 0 Å². The van der Waals surface area contributed by atoms with Gasteiger partial charge in [-0.15, -0.1) is 0 Å². The van der Waals surface area contributed by atoms with E-state index in [0.717, 1.165) is 27.6 Å². The molecule has 1 fully saturated rings. The van der Waals surface area contributed by atoms with E-state index in [1.807, 2.05) is 49.4 Å². The predicted molar refractivity (Wildman–Crippen MR) is 138 cm³/mol. The molecule has 3 aromatic carbocycles. The van der Waals surface area contributed by atoms with Crippen LogP contribution in [0, 0.1) is 6.92 Å². The van der Waals surface area contributed by atoms with Gasteiger partial charge in [-0.05, 0) is 66.4 Å². The van der Waals surface area contributed by atoms with Gasteiger partial charge in [0.15, 0.2) is 0 Å². The van der Waals surface area contributed by atoms with Crippen LogP contribution in [0.4, 0.5) is 0 Å². The molecule has 0 bridgehead atoms. The minimum absolute atomic E-state index is 0.0708. The summed E-state index contributed by atoms with van der Waals surface area (Å²) in [5, 5.41) is 5.83. The Morgan fingerprint density at radius 1 is 1.14 bits per heavy atom. The molecule has 4 aromatic rings. The van der Waals surface area contributed by atoms with Crippen LogP contribution in [0.5, 0.6) is 5.75 Å². The first kappa shape index (κ1) is 24.9. The molecule has 192 valence electrons. The zero-order valence-electron chi connectivity index (χ0n) is 20.9. The molecule has 1 unspecified atom stereocenters. The highest BCUT2D eigenvalue weighted by atomic mass is 32.2. The number of benzene rings is 3. The summed E-state index contributed by atoms with van der Waals surface area (Å²) in [4.78, 5) is 19.4. The Bertz CT molecular complexity index is 1570. The zero-order valence-corrected chi connectivity index (χ0v) is 21.7. The van der Waals surface area contributed by atoms with E-state index in [0.29, 0.717) is 25.2 Å². The fraction of sp³-hybridized carbons (Fsp3) is 0.296. The molecule has 0 saturated carbocycles. The van der Waals surface area contributed by atoms with E-state index >= 15 is 0 Å². The molecule has 1 atom stereocenters. The number of aryl methyl sites for hydroxylation is 1. The van der Waals surface area contributed by atoms with Gasteiger partial charge < -0.3 is 14.2 Å². The van der Waals surface area contributed by atoms with Crippen LogP contribution in [0.15, 0.2) is 70.1 Å². The SMILES string of the molecule is COc1ccc(-c2noc(CN(C)C(=O)C3CCCN3S(=O)(=O)c3ccc4ccccc4c3)n2)cc1C. The average molecular weight is 521 g/mol. The van der Waals surface area contributed by atoms with Crippen molar-refractivity contribution in [1.82, 2.24) is 19.3 Å². The van der Waals surface area contributed by atoms with Crippen LogP contribution in [0.25, 0.3) is 22.2 Å². The number of likely N-dealkylation sites (N-methyl/N-ethyl adjacent to an activating group) is 1. The molecule has 0 spiro atoms. The number of sulfonamides is 1. The molecule has 1 aromatic heterocycles. The topological polar surface area (TPSA) is 106 Å². The van der Waals surface area contributed by atoms with Crippen molar-refractivity contribution in [2.24, 2.45) is 0 Å². The first-order valence-electron chi connectivity index (χ1n) is 12.0. The predicted octanol–water partition coefficient (Wildman–Crippen LogP) is 4.02. The van der Waals surface area contributed by atoms with Crippen molar-refractivity contribution in [3.8, 4) is 17.1 Å². The van der Waals surface area contributed by atoms with Crippen molar-refractivity contribution in [2.45, 2.75) is 37.2 Å². The molecule has 1 aliphatic heterocycles. The Hall–Kier alpha value is -3.76. The smallest absolute Gasteiger partial charge is 0.246 e. The van der Waals surface area contributed by atoms with Gasteiger partial charge in [-0.3, -0.25) is 4.79 Å². The van der Waals surface area contributed by atoms with Gasteiger partial charge >= 0.3 is 0 Å².